The zero-order valence-electron chi connectivity index (χ0n) is 13.2. The molecule has 0 saturated carbocycles. The van der Waals surface area contributed by atoms with Crippen molar-refractivity contribution in [2.75, 3.05) is 0 Å². The predicted octanol–water partition coefficient (Wildman–Crippen LogP) is 4.98. The van der Waals surface area contributed by atoms with Gasteiger partial charge in [0.15, 0.2) is 0 Å². The third kappa shape index (κ3) is 3.01. The third-order valence-electron chi connectivity index (χ3n) is 3.85. The van der Waals surface area contributed by atoms with Crippen LogP contribution in [0.4, 0.5) is 4.39 Å². The first-order valence-electron chi connectivity index (χ1n) is 7.48. The smallest absolute Gasteiger partial charge is 0.205 e. The molecule has 0 saturated heterocycles. The maximum atomic E-state index is 14.6. The molecule has 1 aliphatic rings. The van der Waals surface area contributed by atoms with Crippen LogP contribution < -0.4 is 4.74 Å². The van der Waals surface area contributed by atoms with Gasteiger partial charge in [0.2, 0.25) is 5.79 Å². The molecule has 1 N–H and O–H groups in total. The van der Waals surface area contributed by atoms with Crippen molar-refractivity contribution in [2.45, 2.75) is 39.1 Å². The first kappa shape index (κ1) is 16.1. The first-order valence-corrected chi connectivity index (χ1v) is 7.86. The number of aromatic hydroxyl groups is 1. The van der Waals surface area contributed by atoms with Crippen molar-refractivity contribution >= 4 is 11.6 Å². The Morgan fingerprint density at radius 1 is 1.26 bits per heavy atom. The molecular weight excluding hydrogens is 319 g/mol. The summed E-state index contributed by atoms with van der Waals surface area (Å²) in [5.41, 5.74) is 1.83. The minimum atomic E-state index is -0.968. The number of phenolic OH excluding ortho intramolecular Hbond substituents is 1. The van der Waals surface area contributed by atoms with Crippen LogP contribution in [0.2, 0.25) is 5.02 Å². The number of hydrogen-bond donors (Lipinski definition) is 1. The van der Waals surface area contributed by atoms with Crippen LogP contribution in [-0.2, 0) is 11.2 Å². The average molecular weight is 337 g/mol. The number of halogens is 2. The van der Waals surface area contributed by atoms with Crippen molar-refractivity contribution in [1.82, 2.24) is 0 Å². The van der Waals surface area contributed by atoms with E-state index in [1.54, 1.807) is 19.9 Å². The van der Waals surface area contributed by atoms with Gasteiger partial charge >= 0.3 is 0 Å². The fraction of sp³-hybridized carbons (Fsp3) is 0.333. The summed E-state index contributed by atoms with van der Waals surface area (Å²) in [5.74, 6) is -0.922. The Morgan fingerprint density at radius 2 is 2.00 bits per heavy atom. The van der Waals surface area contributed by atoms with E-state index in [1.165, 1.54) is 18.2 Å². The highest BCUT2D eigenvalue weighted by Gasteiger charge is 2.38. The molecule has 2 aromatic rings. The second-order valence-corrected chi connectivity index (χ2v) is 6.46. The summed E-state index contributed by atoms with van der Waals surface area (Å²) < 4.78 is 26.2. The highest BCUT2D eigenvalue weighted by atomic mass is 35.5. The van der Waals surface area contributed by atoms with E-state index in [4.69, 9.17) is 21.1 Å². The van der Waals surface area contributed by atoms with Gasteiger partial charge in [-0.1, -0.05) is 30.7 Å². The lowest BCUT2D eigenvalue weighted by Gasteiger charge is -2.38. The molecule has 0 aromatic heterocycles. The van der Waals surface area contributed by atoms with Gasteiger partial charge in [0.05, 0.1) is 5.02 Å². The molecule has 0 aliphatic carbocycles. The fourth-order valence-corrected chi connectivity index (χ4v) is 3.08. The lowest BCUT2D eigenvalue weighted by Crippen LogP contribution is -2.38. The highest BCUT2D eigenvalue weighted by Crippen LogP contribution is 2.47. The molecule has 3 nitrogen and oxygen atoms in total. The van der Waals surface area contributed by atoms with Crippen molar-refractivity contribution in [3.63, 3.8) is 0 Å². The second-order valence-electron chi connectivity index (χ2n) is 6.05. The molecule has 3 rings (SSSR count). The van der Waals surface area contributed by atoms with E-state index in [9.17, 15) is 9.50 Å². The van der Waals surface area contributed by atoms with Crippen LogP contribution >= 0.6 is 11.6 Å². The molecule has 2 aromatic carbocycles. The third-order valence-corrected chi connectivity index (χ3v) is 4.16. The van der Waals surface area contributed by atoms with Gasteiger partial charge < -0.3 is 14.6 Å². The van der Waals surface area contributed by atoms with E-state index >= 15 is 0 Å². The van der Waals surface area contributed by atoms with Crippen LogP contribution in [0.1, 0.15) is 43.6 Å². The Hall–Kier alpha value is -1.78. The Labute approximate surface area is 139 Å². The molecule has 1 heterocycles. The van der Waals surface area contributed by atoms with Gasteiger partial charge in [-0.05, 0) is 24.1 Å². The Bertz CT molecular complexity index is 758. The number of aryl methyl sites for hydroxylation is 1. The van der Waals surface area contributed by atoms with Crippen molar-refractivity contribution in [3.8, 4) is 11.5 Å². The number of benzene rings is 2. The van der Waals surface area contributed by atoms with Gasteiger partial charge in [-0.3, -0.25) is 0 Å². The summed E-state index contributed by atoms with van der Waals surface area (Å²) in [4.78, 5) is 0. The summed E-state index contributed by atoms with van der Waals surface area (Å²) >= 11 is 6.25. The highest BCUT2D eigenvalue weighted by molar-refractivity contribution is 6.31. The molecule has 1 aliphatic heterocycles. The van der Waals surface area contributed by atoms with E-state index in [0.717, 1.165) is 12.0 Å². The minimum Gasteiger partial charge on any atom is -0.508 e. The Balaban J connectivity index is 2.17. The lowest BCUT2D eigenvalue weighted by atomic mass is 9.96. The summed E-state index contributed by atoms with van der Waals surface area (Å²) in [7, 11) is 0. The van der Waals surface area contributed by atoms with Crippen LogP contribution in [-0.4, -0.2) is 10.9 Å². The van der Waals surface area contributed by atoms with Gasteiger partial charge in [0.1, 0.15) is 23.4 Å². The Kier molecular flexibility index (Phi) is 3.98. The van der Waals surface area contributed by atoms with Gasteiger partial charge in [-0.15, -0.1) is 0 Å². The quantitative estimate of drug-likeness (QED) is 0.840. The summed E-state index contributed by atoms with van der Waals surface area (Å²) in [5, 5.41) is 10.0. The number of fused-ring (bicyclic) bond motifs is 1. The lowest BCUT2D eigenvalue weighted by molar-refractivity contribution is -0.196. The molecule has 0 bridgehead atoms. The van der Waals surface area contributed by atoms with Crippen LogP contribution in [0.25, 0.3) is 0 Å². The molecule has 1 atom stereocenters. The van der Waals surface area contributed by atoms with Crippen LogP contribution in [0, 0.1) is 5.82 Å². The molecule has 1 unspecified atom stereocenters. The fourth-order valence-electron chi connectivity index (χ4n) is 2.77. The first-order chi connectivity index (χ1) is 10.8. The molecule has 0 spiro atoms. The van der Waals surface area contributed by atoms with E-state index in [-0.39, 0.29) is 16.6 Å². The van der Waals surface area contributed by atoms with E-state index in [1.807, 2.05) is 13.0 Å². The SMILES string of the molecule is CCc1ccc(C2OC(C)(C)Oc3cc(O)cc(Cl)c32)c(F)c1. The standard InChI is InChI=1S/C18H18ClFO3/c1-4-10-5-6-12(14(20)7-10)17-16-13(19)8-11(21)9-15(16)22-18(2,3)23-17/h5-9,17,21H,4H2,1-3H3. The molecule has 0 amide bonds. The molecular formula is C18H18ClFO3. The van der Waals surface area contributed by atoms with Crippen molar-refractivity contribution in [1.29, 1.82) is 0 Å². The van der Waals surface area contributed by atoms with Crippen LogP contribution in [0.15, 0.2) is 30.3 Å². The number of rotatable bonds is 2. The Morgan fingerprint density at radius 3 is 2.65 bits per heavy atom. The topological polar surface area (TPSA) is 38.7 Å². The molecule has 5 heteroatoms. The number of ether oxygens (including phenoxy) is 2. The van der Waals surface area contributed by atoms with Crippen molar-refractivity contribution in [3.05, 3.63) is 57.9 Å². The van der Waals surface area contributed by atoms with E-state index < -0.39 is 11.9 Å². The monoisotopic (exact) mass is 336 g/mol. The minimum absolute atomic E-state index is 0.00740. The maximum Gasteiger partial charge on any atom is 0.205 e. The van der Waals surface area contributed by atoms with E-state index in [0.29, 0.717) is 16.9 Å². The molecule has 0 fully saturated rings. The summed E-state index contributed by atoms with van der Waals surface area (Å²) in [6.45, 7) is 5.44. The van der Waals surface area contributed by atoms with E-state index in [2.05, 4.69) is 0 Å². The van der Waals surface area contributed by atoms with Gasteiger partial charge in [-0.2, -0.15) is 0 Å². The zero-order chi connectivity index (χ0) is 16.8. The number of phenols is 1. The number of hydrogen-bond acceptors (Lipinski definition) is 3. The van der Waals surface area contributed by atoms with Gasteiger partial charge in [-0.25, -0.2) is 4.39 Å². The zero-order valence-corrected chi connectivity index (χ0v) is 13.9. The maximum absolute atomic E-state index is 14.6. The summed E-state index contributed by atoms with van der Waals surface area (Å²) in [6, 6.07) is 7.97. The predicted molar refractivity (Wildman–Crippen MR) is 86.5 cm³/mol. The van der Waals surface area contributed by atoms with Crippen LogP contribution in [0.5, 0.6) is 11.5 Å². The second kappa shape index (κ2) is 5.69. The molecule has 122 valence electrons. The largest absolute Gasteiger partial charge is 0.508 e. The molecule has 0 radical (unpaired) electrons. The molecule has 23 heavy (non-hydrogen) atoms. The average Bonchev–Trinajstić information content (AvgIpc) is 2.44. The van der Waals surface area contributed by atoms with Crippen LogP contribution in [0.3, 0.4) is 0 Å². The summed E-state index contributed by atoms with van der Waals surface area (Å²) in [6.07, 6.45) is 0.0514. The van der Waals surface area contributed by atoms with Gasteiger partial charge in [0, 0.05) is 31.0 Å². The van der Waals surface area contributed by atoms with Crippen molar-refractivity contribution < 1.29 is 19.0 Å². The van der Waals surface area contributed by atoms with Gasteiger partial charge in [0.25, 0.3) is 0 Å². The normalized spacial score (nSPS) is 19.1. The van der Waals surface area contributed by atoms with Crippen molar-refractivity contribution in [2.24, 2.45) is 0 Å².